The maximum Gasteiger partial charge on any atom is 0.406 e. The van der Waals surface area contributed by atoms with E-state index >= 15 is 0 Å². The molecular weight excluding hydrogens is 853 g/mol. The van der Waals surface area contributed by atoms with E-state index in [0.717, 1.165) is 79.7 Å². The Bertz CT molecular complexity index is 2440. The Hall–Kier alpha value is -5.62. The number of thioether (sulfide) groups is 1. The first-order valence-corrected chi connectivity index (χ1v) is 21.9. The number of rotatable bonds is 16. The quantitative estimate of drug-likeness (QED) is 0.0564. The number of halogens is 4. The van der Waals surface area contributed by atoms with Crippen molar-refractivity contribution in [2.75, 3.05) is 55.7 Å². The first-order valence-electron chi connectivity index (χ1n) is 19.1. The van der Waals surface area contributed by atoms with Crippen molar-refractivity contribution in [2.24, 2.45) is 0 Å². The highest BCUT2D eigenvalue weighted by Gasteiger charge is 2.32. The molecule has 1 aliphatic heterocycles. The van der Waals surface area contributed by atoms with Gasteiger partial charge in [0.15, 0.2) is 0 Å². The van der Waals surface area contributed by atoms with E-state index in [4.69, 9.17) is 11.6 Å². The van der Waals surface area contributed by atoms with Crippen LogP contribution >= 0.6 is 23.4 Å². The lowest BCUT2D eigenvalue weighted by Crippen LogP contribution is -2.46. The maximum absolute atomic E-state index is 13.4. The Morgan fingerprint density at radius 3 is 2.21 bits per heavy atom. The zero-order valence-electron chi connectivity index (χ0n) is 32.8. The van der Waals surface area contributed by atoms with Gasteiger partial charge in [-0.15, -0.1) is 11.8 Å². The molecule has 6 rings (SSSR count). The van der Waals surface area contributed by atoms with Crippen LogP contribution in [0, 0.1) is 10.1 Å². The SMILES string of the molecule is CN(CC(F)(F)F)C(=O)CC(CSc1ccccc1)Nc1ccc(S(=O)(=O)NC(=O)c2ccc(N3CCN(Cc4ccccc4-c4ccc(Cl)cc4)CC3)cc2)cc1[N+](=O)[O-]. The van der Waals surface area contributed by atoms with E-state index in [1.807, 2.05) is 41.1 Å². The predicted molar refractivity (Wildman–Crippen MR) is 231 cm³/mol. The molecule has 0 saturated carbocycles. The van der Waals surface area contributed by atoms with E-state index in [-0.39, 0.29) is 17.0 Å². The average molecular weight is 895 g/mol. The van der Waals surface area contributed by atoms with Crippen LogP contribution in [0.2, 0.25) is 5.02 Å². The summed E-state index contributed by atoms with van der Waals surface area (Å²) < 4.78 is 67.7. The summed E-state index contributed by atoms with van der Waals surface area (Å²) >= 11 is 7.38. The molecule has 1 unspecified atom stereocenters. The van der Waals surface area contributed by atoms with Crippen LogP contribution in [0.3, 0.4) is 0 Å². The molecular formula is C43H42ClF3N6O6S2. The second kappa shape index (κ2) is 19.8. The van der Waals surface area contributed by atoms with E-state index in [2.05, 4.69) is 27.2 Å². The zero-order valence-corrected chi connectivity index (χ0v) is 35.2. The average Bonchev–Trinajstić information content (AvgIpc) is 3.23. The van der Waals surface area contributed by atoms with Gasteiger partial charge in [0.1, 0.15) is 12.2 Å². The van der Waals surface area contributed by atoms with Crippen LogP contribution in [-0.4, -0.2) is 92.7 Å². The molecule has 12 nitrogen and oxygen atoms in total. The van der Waals surface area contributed by atoms with Crippen LogP contribution in [0.5, 0.6) is 0 Å². The number of nitro benzene ring substituents is 1. The first kappa shape index (κ1) is 44.9. The third kappa shape index (κ3) is 12.5. The molecule has 0 spiro atoms. The molecule has 0 radical (unpaired) electrons. The Morgan fingerprint density at radius 1 is 0.902 bits per heavy atom. The summed E-state index contributed by atoms with van der Waals surface area (Å²) in [7, 11) is -3.60. The van der Waals surface area contributed by atoms with Crippen molar-refractivity contribution in [3.63, 3.8) is 0 Å². The van der Waals surface area contributed by atoms with Crippen LogP contribution in [0.4, 0.5) is 30.2 Å². The van der Waals surface area contributed by atoms with Crippen LogP contribution in [0.15, 0.2) is 131 Å². The molecule has 1 fully saturated rings. The number of benzene rings is 5. The maximum atomic E-state index is 13.4. The molecule has 18 heteroatoms. The second-order valence-electron chi connectivity index (χ2n) is 14.4. The van der Waals surface area contributed by atoms with E-state index in [9.17, 15) is 41.3 Å². The fraction of sp³-hybridized carbons (Fsp3) is 0.256. The van der Waals surface area contributed by atoms with Crippen molar-refractivity contribution >= 4 is 62.3 Å². The third-order valence-electron chi connectivity index (χ3n) is 9.95. The smallest absolute Gasteiger partial charge is 0.375 e. The number of nitrogens with zero attached hydrogens (tertiary/aromatic N) is 4. The van der Waals surface area contributed by atoms with Crippen molar-refractivity contribution < 1.29 is 36.1 Å². The number of carbonyl (C=O) groups is 2. The highest BCUT2D eigenvalue weighted by Crippen LogP contribution is 2.31. The summed E-state index contributed by atoms with van der Waals surface area (Å²) in [5.41, 5.74) is 3.50. The molecule has 1 heterocycles. The number of hydrogen-bond acceptors (Lipinski definition) is 10. The van der Waals surface area contributed by atoms with Gasteiger partial charge in [-0.2, -0.15) is 13.2 Å². The molecule has 61 heavy (non-hydrogen) atoms. The summed E-state index contributed by atoms with van der Waals surface area (Å²) in [6.07, 6.45) is -5.08. The highest BCUT2D eigenvalue weighted by molar-refractivity contribution is 7.99. The second-order valence-corrected chi connectivity index (χ2v) is 17.6. The Morgan fingerprint density at radius 2 is 1.56 bits per heavy atom. The van der Waals surface area contributed by atoms with Gasteiger partial charge in [-0.25, -0.2) is 13.1 Å². The molecule has 1 aliphatic rings. The molecule has 0 bridgehead atoms. The van der Waals surface area contributed by atoms with E-state index in [1.54, 1.807) is 42.5 Å². The molecule has 1 saturated heterocycles. The molecule has 320 valence electrons. The van der Waals surface area contributed by atoms with Gasteiger partial charge in [0.25, 0.3) is 21.6 Å². The van der Waals surface area contributed by atoms with Crippen LogP contribution in [0.25, 0.3) is 11.1 Å². The Kier molecular flexibility index (Phi) is 14.6. The zero-order chi connectivity index (χ0) is 43.7. The van der Waals surface area contributed by atoms with Crippen LogP contribution in [0.1, 0.15) is 22.3 Å². The molecule has 5 aromatic rings. The highest BCUT2D eigenvalue weighted by atomic mass is 35.5. The number of nitro groups is 1. The van der Waals surface area contributed by atoms with Gasteiger partial charge < -0.3 is 15.1 Å². The predicted octanol–water partition coefficient (Wildman–Crippen LogP) is 8.34. The van der Waals surface area contributed by atoms with Crippen LogP contribution < -0.4 is 14.9 Å². The number of nitrogens with one attached hydrogen (secondary N) is 2. The van der Waals surface area contributed by atoms with Gasteiger partial charge in [-0.3, -0.25) is 24.6 Å². The third-order valence-corrected chi connectivity index (χ3v) is 12.7. The van der Waals surface area contributed by atoms with Crippen LogP contribution in [-0.2, 0) is 21.4 Å². The number of alkyl halides is 3. The number of piperazine rings is 1. The van der Waals surface area contributed by atoms with Crippen molar-refractivity contribution in [2.45, 2.75) is 35.0 Å². The summed E-state index contributed by atoms with van der Waals surface area (Å²) in [5, 5.41) is 15.7. The summed E-state index contributed by atoms with van der Waals surface area (Å²) in [5.74, 6) is -1.68. The minimum Gasteiger partial charge on any atom is -0.375 e. The number of amides is 2. The van der Waals surface area contributed by atoms with Gasteiger partial charge in [0.05, 0.1) is 9.82 Å². The Balaban J connectivity index is 1.08. The minimum atomic E-state index is -4.63. The van der Waals surface area contributed by atoms with Gasteiger partial charge in [-0.1, -0.05) is 66.2 Å². The molecule has 2 N–H and O–H groups in total. The lowest BCUT2D eigenvalue weighted by Gasteiger charge is -2.36. The van der Waals surface area contributed by atoms with E-state index in [0.29, 0.717) is 9.92 Å². The summed E-state index contributed by atoms with van der Waals surface area (Å²) in [6.45, 7) is 2.33. The summed E-state index contributed by atoms with van der Waals surface area (Å²) in [4.78, 5) is 42.6. The first-order chi connectivity index (χ1) is 29.0. The van der Waals surface area contributed by atoms with Crippen molar-refractivity contribution in [1.82, 2.24) is 14.5 Å². The lowest BCUT2D eigenvalue weighted by molar-refractivity contribution is -0.384. The lowest BCUT2D eigenvalue weighted by atomic mass is 9.99. The Labute approximate surface area is 360 Å². The van der Waals surface area contributed by atoms with E-state index in [1.165, 1.54) is 29.5 Å². The molecule has 1 atom stereocenters. The van der Waals surface area contributed by atoms with Gasteiger partial charge in [-0.05, 0) is 77.4 Å². The molecule has 2 amide bonds. The standard InChI is InChI=1S/C43H42ClF3N6O6S2/c1-50(29-43(45,46)47)41(54)25-34(28-60-36-8-3-2-4-9-36)48-39-20-19-37(26-40(39)53(56)57)61(58,59)49-42(55)31-13-17-35(18-14-31)52-23-21-51(22-24-52)27-32-7-5-6-10-38(32)30-11-15-33(44)16-12-30/h2-20,26,34,48H,21-25,27-29H2,1H3,(H,49,55). The van der Waals surface area contributed by atoms with E-state index < -0.39 is 62.5 Å². The molecule has 5 aromatic carbocycles. The molecule has 0 aromatic heterocycles. The monoisotopic (exact) mass is 894 g/mol. The minimum absolute atomic E-state index is 0.0523. The van der Waals surface area contributed by atoms with Crippen molar-refractivity contribution in [3.05, 3.63) is 148 Å². The normalized spacial score (nSPS) is 14.0. The fourth-order valence-corrected chi connectivity index (χ4v) is 8.86. The largest absolute Gasteiger partial charge is 0.406 e. The van der Waals surface area contributed by atoms with Gasteiger partial charge in [0.2, 0.25) is 5.91 Å². The van der Waals surface area contributed by atoms with Gasteiger partial charge >= 0.3 is 6.18 Å². The topological polar surface area (TPSA) is 145 Å². The van der Waals surface area contributed by atoms with Crippen molar-refractivity contribution in [1.29, 1.82) is 0 Å². The number of anilines is 2. The fourth-order valence-electron chi connectivity index (χ4n) is 6.80. The van der Waals surface area contributed by atoms with Gasteiger partial charge in [0, 0.05) is 85.2 Å². The summed E-state index contributed by atoms with van der Waals surface area (Å²) in [6, 6.07) is 33.5. The molecule has 0 aliphatic carbocycles. The number of sulfonamides is 1. The number of hydrogen-bond donors (Lipinski definition) is 2. The number of carbonyl (C=O) groups excluding carboxylic acids is 2. The van der Waals surface area contributed by atoms with Crippen molar-refractivity contribution in [3.8, 4) is 11.1 Å².